The van der Waals surface area contributed by atoms with E-state index in [0.29, 0.717) is 16.9 Å². The molecule has 0 aliphatic rings. The number of nitrogens with one attached hydrogen (secondary N) is 1. The van der Waals surface area contributed by atoms with E-state index < -0.39 is 48.2 Å². The smallest absolute Gasteiger partial charge is 0.408 e. The maximum Gasteiger partial charge on any atom is 0.408 e. The van der Waals surface area contributed by atoms with Gasteiger partial charge in [-0.15, -0.1) is 0 Å². The third-order valence-electron chi connectivity index (χ3n) is 6.52. The van der Waals surface area contributed by atoms with E-state index in [0.717, 1.165) is 12.0 Å². The number of hydrogen-bond donors (Lipinski definition) is 2. The number of amides is 2. The fourth-order valence-corrected chi connectivity index (χ4v) is 4.20. The summed E-state index contributed by atoms with van der Waals surface area (Å²) < 4.78 is 26.4. The number of rotatable bonds is 14. The predicted octanol–water partition coefficient (Wildman–Crippen LogP) is 3.24. The summed E-state index contributed by atoms with van der Waals surface area (Å²) in [6.07, 6.45) is -3.73. The summed E-state index contributed by atoms with van der Waals surface area (Å²) in [5.41, 5.74) is 1.25. The first-order chi connectivity index (χ1) is 21.2. The van der Waals surface area contributed by atoms with Crippen LogP contribution in [0.2, 0.25) is 0 Å². The first kappa shape index (κ1) is 33.6. The average Bonchev–Trinajstić information content (AvgIpc) is 3.05. The molecule has 0 fully saturated rings. The number of aliphatic hydroxyl groups is 1. The fourth-order valence-electron chi connectivity index (χ4n) is 4.20. The van der Waals surface area contributed by atoms with Gasteiger partial charge >= 0.3 is 18.0 Å². The Morgan fingerprint density at radius 3 is 2.07 bits per heavy atom. The van der Waals surface area contributed by atoms with Crippen LogP contribution in [0.3, 0.4) is 0 Å². The second-order valence-electron chi connectivity index (χ2n) is 9.65. The molecule has 0 heterocycles. The Morgan fingerprint density at radius 1 is 0.886 bits per heavy atom. The van der Waals surface area contributed by atoms with Gasteiger partial charge in [-0.2, -0.15) is 0 Å². The average molecular weight is 609 g/mol. The Kier molecular flexibility index (Phi) is 12.7. The Morgan fingerprint density at radius 2 is 1.50 bits per heavy atom. The monoisotopic (exact) mass is 608 g/mol. The number of carbonyl (C=O) groups excluding carboxylic acids is 4. The molecule has 0 saturated carbocycles. The van der Waals surface area contributed by atoms with Crippen LogP contribution < -0.4 is 10.1 Å². The van der Waals surface area contributed by atoms with Gasteiger partial charge in [0.2, 0.25) is 5.91 Å². The summed E-state index contributed by atoms with van der Waals surface area (Å²) in [5, 5.41) is 12.8. The van der Waals surface area contributed by atoms with Crippen LogP contribution in [0.25, 0.3) is 0 Å². The van der Waals surface area contributed by atoms with Crippen molar-refractivity contribution >= 4 is 23.9 Å². The van der Waals surface area contributed by atoms with Crippen LogP contribution in [0.15, 0.2) is 84.9 Å². The SMILES string of the molecule is COCOc1ccc([C@H](OC(=O)c2ccccc2)[C@H](C(=O)OC)N(C)C(=O)[C@@H](NC(=O)OCc2ccccc2)[C@@H](C)O)cc1. The Labute approximate surface area is 255 Å². The molecule has 0 aliphatic heterocycles. The fraction of sp³-hybridized carbons (Fsp3) is 0.312. The zero-order chi connectivity index (χ0) is 32.1. The van der Waals surface area contributed by atoms with Crippen LogP contribution in [0.4, 0.5) is 4.79 Å². The van der Waals surface area contributed by atoms with Crippen molar-refractivity contribution < 1.29 is 48.0 Å². The topological polar surface area (TPSA) is 150 Å². The largest absolute Gasteiger partial charge is 0.468 e. The number of esters is 2. The highest BCUT2D eigenvalue weighted by Crippen LogP contribution is 2.29. The molecule has 44 heavy (non-hydrogen) atoms. The van der Waals surface area contributed by atoms with Gasteiger partial charge in [-0.25, -0.2) is 14.4 Å². The van der Waals surface area contributed by atoms with E-state index in [1.807, 2.05) is 6.07 Å². The maximum absolute atomic E-state index is 13.7. The third-order valence-corrected chi connectivity index (χ3v) is 6.52. The van der Waals surface area contributed by atoms with Crippen molar-refractivity contribution in [2.75, 3.05) is 28.1 Å². The Balaban J connectivity index is 1.91. The van der Waals surface area contributed by atoms with Crippen LogP contribution in [0, 0.1) is 0 Å². The van der Waals surface area contributed by atoms with E-state index in [2.05, 4.69) is 5.32 Å². The zero-order valence-electron chi connectivity index (χ0n) is 24.9. The number of benzene rings is 3. The minimum atomic E-state index is -1.53. The van der Waals surface area contributed by atoms with Crippen molar-refractivity contribution in [3.63, 3.8) is 0 Å². The lowest BCUT2D eigenvalue weighted by Gasteiger charge is -2.35. The van der Waals surface area contributed by atoms with E-state index in [4.69, 9.17) is 23.7 Å². The summed E-state index contributed by atoms with van der Waals surface area (Å²) in [6, 6.07) is 20.2. The number of nitrogens with zero attached hydrogens (tertiary/aromatic N) is 1. The van der Waals surface area contributed by atoms with Crippen molar-refractivity contribution in [3.05, 3.63) is 102 Å². The second-order valence-corrected chi connectivity index (χ2v) is 9.65. The number of likely N-dealkylation sites (N-methyl/N-ethyl adjacent to an activating group) is 1. The van der Waals surface area contributed by atoms with Crippen LogP contribution in [0.1, 0.15) is 34.5 Å². The van der Waals surface area contributed by atoms with Crippen LogP contribution >= 0.6 is 0 Å². The zero-order valence-corrected chi connectivity index (χ0v) is 24.9. The van der Waals surface area contributed by atoms with Gasteiger partial charge in [-0.1, -0.05) is 60.7 Å². The summed E-state index contributed by atoms with van der Waals surface area (Å²) in [6.45, 7) is 1.22. The van der Waals surface area contributed by atoms with Crippen molar-refractivity contribution in [1.29, 1.82) is 0 Å². The standard InChI is InChI=1S/C32H36N2O10/c1-21(35)26(33-32(39)42-19-22-11-7-5-8-12-22)29(36)34(2)27(31(38)41-4)28(44-30(37)24-13-9-6-10-14-24)23-15-17-25(18-16-23)43-20-40-3/h5-18,21,26-28,35H,19-20H2,1-4H3,(H,33,39)/t21-,26+,27-,28+/m1/s1. The van der Waals surface area contributed by atoms with E-state index >= 15 is 0 Å². The molecule has 12 nitrogen and oxygen atoms in total. The molecule has 0 bridgehead atoms. The van der Waals surface area contributed by atoms with Crippen LogP contribution in [0.5, 0.6) is 5.75 Å². The molecule has 0 spiro atoms. The number of methoxy groups -OCH3 is 2. The van der Waals surface area contributed by atoms with E-state index in [1.165, 1.54) is 33.2 Å². The molecule has 3 aromatic rings. The summed E-state index contributed by atoms with van der Waals surface area (Å²) >= 11 is 0. The minimum absolute atomic E-state index is 0.00465. The van der Waals surface area contributed by atoms with Gasteiger partial charge in [0.05, 0.1) is 18.8 Å². The lowest BCUT2D eigenvalue weighted by atomic mass is 9.99. The molecule has 2 amide bonds. The molecule has 4 atom stereocenters. The number of alkyl carbamates (subject to hydrolysis) is 1. The second kappa shape index (κ2) is 16.6. The van der Waals surface area contributed by atoms with Crippen LogP contribution in [-0.2, 0) is 35.1 Å². The van der Waals surface area contributed by atoms with Gasteiger partial charge in [-0.3, -0.25) is 4.79 Å². The van der Waals surface area contributed by atoms with Crippen LogP contribution in [-0.4, -0.2) is 80.2 Å². The molecule has 3 aromatic carbocycles. The molecule has 0 aliphatic carbocycles. The molecule has 0 aromatic heterocycles. The molecule has 234 valence electrons. The normalized spacial score (nSPS) is 13.4. The van der Waals surface area contributed by atoms with Crippen molar-refractivity contribution in [2.24, 2.45) is 0 Å². The van der Waals surface area contributed by atoms with Gasteiger partial charge in [0.1, 0.15) is 18.4 Å². The highest BCUT2D eigenvalue weighted by atomic mass is 16.7. The summed E-state index contributed by atoms with van der Waals surface area (Å²) in [5.74, 6) is -2.11. The first-order valence-electron chi connectivity index (χ1n) is 13.6. The van der Waals surface area contributed by atoms with E-state index in [1.54, 1.807) is 66.7 Å². The van der Waals surface area contributed by atoms with Gasteiger partial charge in [0.25, 0.3) is 0 Å². The number of aliphatic hydroxyl groups excluding tert-OH is 1. The van der Waals surface area contributed by atoms with E-state index in [9.17, 15) is 24.3 Å². The van der Waals surface area contributed by atoms with Crippen molar-refractivity contribution in [1.82, 2.24) is 10.2 Å². The first-order valence-corrected chi connectivity index (χ1v) is 13.6. The quantitative estimate of drug-likeness (QED) is 0.159. The number of hydrogen-bond acceptors (Lipinski definition) is 10. The molecule has 2 N–H and O–H groups in total. The Bertz CT molecular complexity index is 1370. The third kappa shape index (κ3) is 9.28. The molecule has 0 saturated heterocycles. The lowest BCUT2D eigenvalue weighted by Crippen LogP contribution is -2.57. The molecular weight excluding hydrogens is 572 g/mol. The maximum atomic E-state index is 13.7. The summed E-state index contributed by atoms with van der Waals surface area (Å²) in [4.78, 5) is 53.7. The molecule has 0 radical (unpaired) electrons. The van der Waals surface area contributed by atoms with Gasteiger partial charge in [-0.05, 0) is 42.3 Å². The van der Waals surface area contributed by atoms with E-state index in [-0.39, 0.29) is 19.0 Å². The molecule has 0 unspecified atom stereocenters. The highest BCUT2D eigenvalue weighted by molar-refractivity contribution is 5.92. The lowest BCUT2D eigenvalue weighted by molar-refractivity contribution is -0.158. The van der Waals surface area contributed by atoms with Gasteiger partial charge < -0.3 is 39.0 Å². The van der Waals surface area contributed by atoms with Crippen molar-refractivity contribution in [2.45, 2.75) is 37.8 Å². The summed E-state index contributed by atoms with van der Waals surface area (Å²) in [7, 11) is 3.87. The van der Waals surface area contributed by atoms with Gasteiger partial charge in [0.15, 0.2) is 18.9 Å². The molecule has 3 rings (SSSR count). The molecule has 12 heteroatoms. The molecular formula is C32H36N2O10. The van der Waals surface area contributed by atoms with Crippen molar-refractivity contribution in [3.8, 4) is 5.75 Å². The van der Waals surface area contributed by atoms with Gasteiger partial charge in [0, 0.05) is 14.2 Å². The number of carbonyl (C=O) groups is 4. The minimum Gasteiger partial charge on any atom is -0.468 e. The Hall–Kier alpha value is -4.94. The predicted molar refractivity (Wildman–Crippen MR) is 157 cm³/mol. The highest BCUT2D eigenvalue weighted by Gasteiger charge is 2.42. The number of ether oxygens (including phenoxy) is 5.